The normalized spacial score (nSPS) is 12.9. The van der Waals surface area contributed by atoms with Crippen LogP contribution in [0.3, 0.4) is 0 Å². The molecule has 1 amide bonds. The summed E-state index contributed by atoms with van der Waals surface area (Å²) in [6.07, 6.45) is -0.795. The average Bonchev–Trinajstić information content (AvgIpc) is 2.38. The van der Waals surface area contributed by atoms with Crippen LogP contribution in [0, 0.1) is 11.3 Å². The molecule has 1 aromatic rings. The molecule has 19 heavy (non-hydrogen) atoms. The molecule has 0 saturated carbocycles. The first-order chi connectivity index (χ1) is 9.02. The first kappa shape index (κ1) is 14.7. The van der Waals surface area contributed by atoms with E-state index in [1.807, 2.05) is 36.4 Å². The number of ether oxygens (including phenoxy) is 1. The first-order valence-electron chi connectivity index (χ1n) is 5.94. The lowest BCUT2D eigenvalue weighted by Crippen LogP contribution is -2.29. The number of hydrogen-bond acceptors (Lipinski definition) is 4. The zero-order chi connectivity index (χ0) is 14.3. The van der Waals surface area contributed by atoms with E-state index in [9.17, 15) is 9.59 Å². The molecule has 100 valence electrons. The summed E-state index contributed by atoms with van der Waals surface area (Å²) in [6, 6.07) is 10.5. The second-order valence-corrected chi connectivity index (χ2v) is 4.13. The van der Waals surface area contributed by atoms with E-state index in [0.29, 0.717) is 0 Å². The number of nitrogens with one attached hydrogen (secondary N) is 1. The number of amides is 1. The van der Waals surface area contributed by atoms with Gasteiger partial charge in [0.2, 0.25) is 5.91 Å². The van der Waals surface area contributed by atoms with Crippen molar-refractivity contribution in [2.24, 2.45) is 0 Å². The molecule has 0 aliphatic rings. The Morgan fingerprint density at radius 3 is 2.53 bits per heavy atom. The van der Waals surface area contributed by atoms with Crippen molar-refractivity contribution in [1.29, 1.82) is 5.26 Å². The fraction of sp³-hybridized carbons (Fsp3) is 0.357. The predicted molar refractivity (Wildman–Crippen MR) is 68.8 cm³/mol. The van der Waals surface area contributed by atoms with Crippen molar-refractivity contribution >= 4 is 11.9 Å². The van der Waals surface area contributed by atoms with Crippen LogP contribution in [0.25, 0.3) is 0 Å². The lowest BCUT2D eigenvalue weighted by molar-refractivity contribution is -0.146. The second-order valence-electron chi connectivity index (χ2n) is 4.13. The van der Waals surface area contributed by atoms with Gasteiger partial charge in [-0.1, -0.05) is 30.3 Å². The summed E-state index contributed by atoms with van der Waals surface area (Å²) in [5, 5.41) is 11.3. The third kappa shape index (κ3) is 5.21. The molecule has 5 nitrogen and oxygen atoms in total. The first-order valence-corrected chi connectivity index (χ1v) is 5.94. The maximum absolute atomic E-state index is 11.7. The smallest absolute Gasteiger partial charge is 0.309 e. The molecule has 1 rings (SSSR count). The minimum Gasteiger partial charge on any atom is -0.447 e. The second kappa shape index (κ2) is 7.17. The zero-order valence-electron chi connectivity index (χ0n) is 10.9. The lowest BCUT2D eigenvalue weighted by Gasteiger charge is -2.18. The third-order valence-electron chi connectivity index (χ3n) is 2.44. The predicted octanol–water partition coefficient (Wildman–Crippen LogP) is 1.71. The van der Waals surface area contributed by atoms with Crippen molar-refractivity contribution < 1.29 is 14.3 Å². The van der Waals surface area contributed by atoms with Crippen molar-refractivity contribution in [3.05, 3.63) is 35.9 Å². The van der Waals surface area contributed by atoms with Gasteiger partial charge in [0.15, 0.2) is 6.10 Å². The Morgan fingerprint density at radius 1 is 1.37 bits per heavy atom. The maximum Gasteiger partial charge on any atom is 0.309 e. The number of carbonyl (C=O) groups is 2. The summed E-state index contributed by atoms with van der Waals surface area (Å²) in [6.45, 7) is 2.88. The van der Waals surface area contributed by atoms with Crippen LogP contribution in [0.4, 0.5) is 0 Å². The Bertz CT molecular complexity index is 479. The SMILES string of the molecule is CC(=O)N[C@H](CC(=O)O[C@H](C)C#N)c1ccccc1. The lowest BCUT2D eigenvalue weighted by atomic mass is 10.0. The van der Waals surface area contributed by atoms with Gasteiger partial charge in [-0.05, 0) is 12.5 Å². The molecule has 0 unspecified atom stereocenters. The van der Waals surface area contributed by atoms with E-state index in [2.05, 4.69) is 5.32 Å². The van der Waals surface area contributed by atoms with Gasteiger partial charge in [0.1, 0.15) is 6.07 Å². The summed E-state index contributed by atoms with van der Waals surface area (Å²) < 4.78 is 4.88. The molecule has 0 aliphatic carbocycles. The molecule has 0 heterocycles. The Balaban J connectivity index is 2.74. The molecule has 1 aromatic carbocycles. The molecule has 0 spiro atoms. The van der Waals surface area contributed by atoms with Crippen LogP contribution in [0.15, 0.2) is 30.3 Å². The Morgan fingerprint density at radius 2 is 2.00 bits per heavy atom. The third-order valence-corrected chi connectivity index (χ3v) is 2.44. The summed E-state index contributed by atoms with van der Waals surface area (Å²) >= 11 is 0. The van der Waals surface area contributed by atoms with Crippen LogP contribution >= 0.6 is 0 Å². The van der Waals surface area contributed by atoms with Crippen LogP contribution in [-0.4, -0.2) is 18.0 Å². The molecule has 2 atom stereocenters. The van der Waals surface area contributed by atoms with Crippen molar-refractivity contribution in [1.82, 2.24) is 5.32 Å². The van der Waals surface area contributed by atoms with E-state index in [4.69, 9.17) is 10.00 Å². The van der Waals surface area contributed by atoms with Crippen molar-refractivity contribution in [3.63, 3.8) is 0 Å². The number of nitrogens with zero attached hydrogens (tertiary/aromatic N) is 1. The number of benzene rings is 1. The summed E-state index contributed by atoms with van der Waals surface area (Å²) in [5.74, 6) is -0.744. The number of nitriles is 1. The Labute approximate surface area is 112 Å². The zero-order valence-corrected chi connectivity index (χ0v) is 10.9. The number of carbonyl (C=O) groups excluding carboxylic acids is 2. The molecule has 0 aliphatic heterocycles. The highest BCUT2D eigenvalue weighted by Gasteiger charge is 2.19. The van der Waals surface area contributed by atoms with Crippen molar-refractivity contribution in [2.75, 3.05) is 0 Å². The van der Waals surface area contributed by atoms with E-state index in [-0.39, 0.29) is 12.3 Å². The quantitative estimate of drug-likeness (QED) is 0.817. The highest BCUT2D eigenvalue weighted by atomic mass is 16.5. The van der Waals surface area contributed by atoms with E-state index in [1.165, 1.54) is 13.8 Å². The van der Waals surface area contributed by atoms with E-state index < -0.39 is 18.1 Å². The fourth-order valence-electron chi connectivity index (χ4n) is 1.62. The van der Waals surface area contributed by atoms with Crippen LogP contribution < -0.4 is 5.32 Å². The molecular formula is C14H16N2O3. The van der Waals surface area contributed by atoms with E-state index in [0.717, 1.165) is 5.56 Å². The minimum absolute atomic E-state index is 0.00435. The molecule has 0 fully saturated rings. The van der Waals surface area contributed by atoms with Crippen LogP contribution in [0.1, 0.15) is 31.9 Å². The van der Waals surface area contributed by atoms with E-state index >= 15 is 0 Å². The van der Waals surface area contributed by atoms with Crippen molar-refractivity contribution in [2.45, 2.75) is 32.4 Å². The largest absolute Gasteiger partial charge is 0.447 e. The molecular weight excluding hydrogens is 244 g/mol. The molecule has 0 bridgehead atoms. The molecule has 5 heteroatoms. The van der Waals surface area contributed by atoms with Gasteiger partial charge in [-0.25, -0.2) is 0 Å². The van der Waals surface area contributed by atoms with Crippen LogP contribution in [0.2, 0.25) is 0 Å². The van der Waals surface area contributed by atoms with E-state index in [1.54, 1.807) is 0 Å². The van der Waals surface area contributed by atoms with Crippen LogP contribution in [-0.2, 0) is 14.3 Å². The monoisotopic (exact) mass is 260 g/mol. The summed E-state index contributed by atoms with van der Waals surface area (Å²) in [4.78, 5) is 22.8. The van der Waals surface area contributed by atoms with Gasteiger partial charge in [0, 0.05) is 6.92 Å². The average molecular weight is 260 g/mol. The van der Waals surface area contributed by atoms with Gasteiger partial charge in [0.25, 0.3) is 0 Å². The van der Waals surface area contributed by atoms with Crippen LogP contribution in [0.5, 0.6) is 0 Å². The number of rotatable bonds is 5. The van der Waals surface area contributed by atoms with Gasteiger partial charge < -0.3 is 10.1 Å². The molecule has 0 saturated heterocycles. The maximum atomic E-state index is 11.7. The molecule has 0 radical (unpaired) electrons. The fourth-order valence-corrected chi connectivity index (χ4v) is 1.62. The minimum atomic E-state index is -0.791. The highest BCUT2D eigenvalue weighted by molar-refractivity contribution is 5.76. The van der Waals surface area contributed by atoms with Crippen molar-refractivity contribution in [3.8, 4) is 6.07 Å². The van der Waals surface area contributed by atoms with Gasteiger partial charge in [-0.2, -0.15) is 5.26 Å². The number of hydrogen-bond donors (Lipinski definition) is 1. The standard InChI is InChI=1S/C14H16N2O3/c1-10(9-15)19-14(18)8-13(16-11(2)17)12-6-4-3-5-7-12/h3-7,10,13H,8H2,1-2H3,(H,16,17)/t10-,13-/m1/s1. The van der Waals surface area contributed by atoms with Gasteiger partial charge in [-0.15, -0.1) is 0 Å². The molecule has 0 aromatic heterocycles. The molecule has 1 N–H and O–H groups in total. The summed E-state index contributed by atoms with van der Waals surface area (Å²) in [5.41, 5.74) is 0.819. The van der Waals surface area contributed by atoms with Gasteiger partial charge in [-0.3, -0.25) is 9.59 Å². The summed E-state index contributed by atoms with van der Waals surface area (Å²) in [7, 11) is 0. The van der Waals surface area contributed by atoms with Gasteiger partial charge in [0.05, 0.1) is 12.5 Å². The Kier molecular flexibility index (Phi) is 5.55. The van der Waals surface area contributed by atoms with Gasteiger partial charge >= 0.3 is 5.97 Å². The Hall–Kier alpha value is -2.35. The highest BCUT2D eigenvalue weighted by Crippen LogP contribution is 2.17. The topological polar surface area (TPSA) is 79.2 Å². The number of esters is 1.